The van der Waals surface area contributed by atoms with Crippen LogP contribution in [0.4, 0.5) is 5.69 Å². The molecule has 118 valence electrons. The third-order valence-electron chi connectivity index (χ3n) is 3.66. The molecule has 4 rings (SSSR count). The van der Waals surface area contributed by atoms with E-state index in [1.165, 1.54) is 11.8 Å². The monoisotopic (exact) mass is 350 g/mol. The highest BCUT2D eigenvalue weighted by Gasteiger charge is 2.09. The van der Waals surface area contributed by atoms with Gasteiger partial charge in [0.2, 0.25) is 5.91 Å². The Morgan fingerprint density at radius 3 is 2.71 bits per heavy atom. The van der Waals surface area contributed by atoms with E-state index in [9.17, 15) is 4.79 Å². The van der Waals surface area contributed by atoms with Crippen molar-refractivity contribution in [3.63, 3.8) is 0 Å². The highest BCUT2D eigenvalue weighted by molar-refractivity contribution is 8.01. The van der Waals surface area contributed by atoms with Crippen LogP contribution < -0.4 is 5.32 Å². The van der Waals surface area contributed by atoms with Gasteiger partial charge in [-0.15, -0.1) is 11.3 Å². The predicted octanol–water partition coefficient (Wildman–Crippen LogP) is 5.18. The lowest BCUT2D eigenvalue weighted by atomic mass is 10.1. The van der Waals surface area contributed by atoms with Crippen LogP contribution in [0.25, 0.3) is 21.0 Å². The fraction of sp³-hybridized carbons (Fsp3) is 0.0526. The number of hydrogen-bond acceptors (Lipinski definition) is 4. The van der Waals surface area contributed by atoms with Crippen molar-refractivity contribution in [2.45, 2.75) is 4.34 Å². The van der Waals surface area contributed by atoms with Gasteiger partial charge in [0.1, 0.15) is 0 Å². The SMILES string of the molecule is O=C(CSc1nc2ccccc2s1)Nc1cccc2ccccc12. The average Bonchev–Trinajstić information content (AvgIpc) is 3.03. The Morgan fingerprint density at radius 1 is 1.00 bits per heavy atom. The number of nitrogens with zero attached hydrogens (tertiary/aromatic N) is 1. The first-order valence-corrected chi connectivity index (χ1v) is 9.36. The number of rotatable bonds is 4. The maximum absolute atomic E-state index is 12.3. The maximum Gasteiger partial charge on any atom is 0.234 e. The summed E-state index contributed by atoms with van der Waals surface area (Å²) in [5, 5.41) is 5.18. The van der Waals surface area contributed by atoms with E-state index in [0.29, 0.717) is 5.75 Å². The normalized spacial score (nSPS) is 11.0. The number of carbonyl (C=O) groups excluding carboxylic acids is 1. The summed E-state index contributed by atoms with van der Waals surface area (Å²) in [7, 11) is 0. The molecule has 1 N–H and O–H groups in total. The molecule has 3 nitrogen and oxygen atoms in total. The van der Waals surface area contributed by atoms with Gasteiger partial charge in [-0.25, -0.2) is 4.98 Å². The number of hydrogen-bond donors (Lipinski definition) is 1. The maximum atomic E-state index is 12.3. The van der Waals surface area contributed by atoms with Gasteiger partial charge in [0.05, 0.1) is 16.0 Å². The van der Waals surface area contributed by atoms with Crippen molar-refractivity contribution in [1.29, 1.82) is 0 Å². The molecule has 4 aromatic rings. The molecule has 0 aliphatic carbocycles. The molecule has 1 amide bonds. The summed E-state index contributed by atoms with van der Waals surface area (Å²) in [6.45, 7) is 0. The summed E-state index contributed by atoms with van der Waals surface area (Å²) in [4.78, 5) is 16.8. The molecule has 1 aromatic heterocycles. The van der Waals surface area contributed by atoms with Crippen LogP contribution in [-0.2, 0) is 4.79 Å². The largest absolute Gasteiger partial charge is 0.325 e. The Labute approximate surface area is 147 Å². The molecule has 5 heteroatoms. The standard InChI is InChI=1S/C19H14N2OS2/c22-18(12-23-19-21-16-9-3-4-11-17(16)24-19)20-15-10-5-7-13-6-1-2-8-14(13)15/h1-11H,12H2,(H,20,22). The van der Waals surface area contributed by atoms with E-state index in [2.05, 4.69) is 10.3 Å². The van der Waals surface area contributed by atoms with Gasteiger partial charge in [-0.2, -0.15) is 0 Å². The fourth-order valence-electron chi connectivity index (χ4n) is 2.56. The zero-order chi connectivity index (χ0) is 16.4. The lowest BCUT2D eigenvalue weighted by molar-refractivity contribution is -0.113. The number of fused-ring (bicyclic) bond motifs is 2. The highest BCUT2D eigenvalue weighted by Crippen LogP contribution is 2.29. The lowest BCUT2D eigenvalue weighted by Gasteiger charge is -2.08. The predicted molar refractivity (Wildman–Crippen MR) is 103 cm³/mol. The molecule has 0 saturated heterocycles. The fourth-order valence-corrected chi connectivity index (χ4v) is 4.43. The van der Waals surface area contributed by atoms with Crippen LogP contribution in [0.1, 0.15) is 0 Å². The molecule has 0 radical (unpaired) electrons. The number of aromatic nitrogens is 1. The van der Waals surface area contributed by atoms with E-state index < -0.39 is 0 Å². The summed E-state index contributed by atoms with van der Waals surface area (Å²) in [6, 6.07) is 22.0. The summed E-state index contributed by atoms with van der Waals surface area (Å²) < 4.78 is 2.07. The topological polar surface area (TPSA) is 42.0 Å². The number of nitrogens with one attached hydrogen (secondary N) is 1. The van der Waals surface area contributed by atoms with Gasteiger partial charge in [0.25, 0.3) is 0 Å². The highest BCUT2D eigenvalue weighted by atomic mass is 32.2. The Balaban J connectivity index is 1.46. The number of anilines is 1. The smallest absolute Gasteiger partial charge is 0.234 e. The first-order chi connectivity index (χ1) is 11.8. The third kappa shape index (κ3) is 3.13. The second-order valence-corrected chi connectivity index (χ2v) is 7.56. The van der Waals surface area contributed by atoms with Crippen LogP contribution in [0.15, 0.2) is 71.1 Å². The molecule has 0 aliphatic rings. The summed E-state index contributed by atoms with van der Waals surface area (Å²) >= 11 is 3.09. The van der Waals surface area contributed by atoms with E-state index >= 15 is 0 Å². The summed E-state index contributed by atoms with van der Waals surface area (Å²) in [5.74, 6) is 0.332. The summed E-state index contributed by atoms with van der Waals surface area (Å²) in [6.07, 6.45) is 0. The van der Waals surface area contributed by atoms with Crippen molar-refractivity contribution in [2.24, 2.45) is 0 Å². The lowest BCUT2D eigenvalue weighted by Crippen LogP contribution is -2.14. The molecule has 0 unspecified atom stereocenters. The van der Waals surface area contributed by atoms with Crippen LogP contribution in [0.2, 0.25) is 0 Å². The molecule has 0 spiro atoms. The number of amides is 1. The second-order valence-electron chi connectivity index (χ2n) is 5.31. The van der Waals surface area contributed by atoms with E-state index in [1.54, 1.807) is 11.3 Å². The molecule has 0 bridgehead atoms. The Hall–Kier alpha value is -2.37. The van der Waals surface area contributed by atoms with Crippen molar-refractivity contribution < 1.29 is 4.79 Å². The minimum absolute atomic E-state index is 0.0180. The summed E-state index contributed by atoms with van der Waals surface area (Å²) in [5.41, 5.74) is 1.84. The minimum Gasteiger partial charge on any atom is -0.325 e. The quantitative estimate of drug-likeness (QED) is 0.516. The Kier molecular flexibility index (Phi) is 4.19. The molecular formula is C19H14N2OS2. The molecule has 0 aliphatic heterocycles. The van der Waals surface area contributed by atoms with Gasteiger partial charge in [-0.05, 0) is 23.6 Å². The average molecular weight is 350 g/mol. The number of thioether (sulfide) groups is 1. The zero-order valence-electron chi connectivity index (χ0n) is 12.7. The minimum atomic E-state index is -0.0180. The molecule has 1 heterocycles. The number of para-hydroxylation sites is 1. The van der Waals surface area contributed by atoms with Gasteiger partial charge in [-0.3, -0.25) is 4.79 Å². The molecule has 0 saturated carbocycles. The van der Waals surface area contributed by atoms with Gasteiger partial charge in [0, 0.05) is 11.1 Å². The van der Waals surface area contributed by atoms with Crippen LogP contribution in [-0.4, -0.2) is 16.6 Å². The van der Waals surface area contributed by atoms with E-state index in [1.807, 2.05) is 66.7 Å². The van der Waals surface area contributed by atoms with E-state index in [4.69, 9.17) is 0 Å². The zero-order valence-corrected chi connectivity index (χ0v) is 14.4. The van der Waals surface area contributed by atoms with Crippen molar-refractivity contribution in [3.8, 4) is 0 Å². The Morgan fingerprint density at radius 2 is 1.79 bits per heavy atom. The van der Waals surface area contributed by atoms with Gasteiger partial charge < -0.3 is 5.32 Å². The first-order valence-electron chi connectivity index (χ1n) is 7.55. The van der Waals surface area contributed by atoms with Crippen molar-refractivity contribution >= 4 is 55.7 Å². The number of carbonyl (C=O) groups is 1. The molecule has 24 heavy (non-hydrogen) atoms. The van der Waals surface area contributed by atoms with Gasteiger partial charge in [-0.1, -0.05) is 60.3 Å². The van der Waals surface area contributed by atoms with Crippen LogP contribution in [0, 0.1) is 0 Å². The van der Waals surface area contributed by atoms with Crippen molar-refractivity contribution in [2.75, 3.05) is 11.1 Å². The van der Waals surface area contributed by atoms with Gasteiger partial charge >= 0.3 is 0 Å². The second kappa shape index (κ2) is 6.63. The van der Waals surface area contributed by atoms with Crippen LogP contribution in [0.5, 0.6) is 0 Å². The first kappa shape index (κ1) is 15.2. The number of benzene rings is 3. The van der Waals surface area contributed by atoms with Crippen LogP contribution in [0.3, 0.4) is 0 Å². The van der Waals surface area contributed by atoms with Crippen LogP contribution >= 0.6 is 23.1 Å². The van der Waals surface area contributed by atoms with E-state index in [0.717, 1.165) is 31.0 Å². The third-order valence-corrected chi connectivity index (χ3v) is 5.84. The van der Waals surface area contributed by atoms with E-state index in [-0.39, 0.29) is 5.91 Å². The molecule has 0 fully saturated rings. The number of thiazole rings is 1. The van der Waals surface area contributed by atoms with Crippen molar-refractivity contribution in [3.05, 3.63) is 66.7 Å². The Bertz CT molecular complexity index is 988. The molecular weight excluding hydrogens is 336 g/mol. The van der Waals surface area contributed by atoms with Gasteiger partial charge in [0.15, 0.2) is 4.34 Å². The molecule has 0 atom stereocenters. The van der Waals surface area contributed by atoms with Crippen molar-refractivity contribution in [1.82, 2.24) is 4.98 Å². The molecule has 3 aromatic carbocycles.